The molecule has 0 spiro atoms. The van der Waals surface area contributed by atoms with E-state index in [0.29, 0.717) is 0 Å². The maximum absolute atomic E-state index is 4.51. The Kier molecular flexibility index (Phi) is 3.52. The van der Waals surface area contributed by atoms with Crippen molar-refractivity contribution in [2.45, 2.75) is 6.92 Å². The van der Waals surface area contributed by atoms with E-state index >= 15 is 0 Å². The molecule has 0 saturated carbocycles. The Morgan fingerprint density at radius 2 is 2.15 bits per heavy atom. The third kappa shape index (κ3) is 2.05. The number of hydrogen-bond donors (Lipinski definition) is 0. The molecule has 1 aromatic carbocycles. The summed E-state index contributed by atoms with van der Waals surface area (Å²) in [7, 11) is 0. The van der Waals surface area contributed by atoms with Crippen LogP contribution in [0.25, 0.3) is 10.2 Å². The molecule has 0 radical (unpaired) electrons. The van der Waals surface area contributed by atoms with Crippen molar-refractivity contribution >= 4 is 95.6 Å². The van der Waals surface area contributed by atoms with Crippen molar-refractivity contribution in [3.63, 3.8) is 0 Å². The van der Waals surface area contributed by atoms with Gasteiger partial charge in [0.2, 0.25) is 0 Å². The van der Waals surface area contributed by atoms with Gasteiger partial charge in [0.15, 0.2) is 0 Å². The molecule has 0 aliphatic rings. The minimum absolute atomic E-state index is 0.897. The van der Waals surface area contributed by atoms with Crippen molar-refractivity contribution in [1.29, 1.82) is 0 Å². The Bertz CT molecular complexity index is 480. The first-order valence-corrected chi connectivity index (χ1v) is 8.82. The Hall–Kier alpha value is 1.49. The van der Waals surface area contributed by atoms with Crippen LogP contribution < -0.4 is 3.12 Å². The molecule has 0 aliphatic heterocycles. The fourth-order valence-corrected chi connectivity index (χ4v) is 6.21. The molecule has 0 bridgehead atoms. The van der Waals surface area contributed by atoms with Gasteiger partial charge in [0.25, 0.3) is 0 Å². The van der Waals surface area contributed by atoms with Gasteiger partial charge in [0, 0.05) is 0 Å². The fraction of sp³-hybridized carbons (Fsp3) is 0.125. The summed E-state index contributed by atoms with van der Waals surface area (Å²) in [5.74, 6) is 0. The molecular formula is C8H4I2NSTl. The monoisotopic (exact) mass is 605 g/mol. The second kappa shape index (κ2) is 4.16. The van der Waals surface area contributed by atoms with Gasteiger partial charge in [-0.15, -0.1) is 0 Å². The summed E-state index contributed by atoms with van der Waals surface area (Å²) < 4.78 is 5.72. The number of aryl methyl sites for hydroxylation is 1. The molecule has 0 fully saturated rings. The van der Waals surface area contributed by atoms with Crippen LogP contribution in [0.3, 0.4) is 0 Å². The van der Waals surface area contributed by atoms with E-state index in [1.54, 1.807) is 0 Å². The van der Waals surface area contributed by atoms with Gasteiger partial charge in [-0.25, -0.2) is 0 Å². The zero-order valence-electron chi connectivity index (χ0n) is 6.77. The average molecular weight is 604 g/mol. The number of thiazole rings is 1. The van der Waals surface area contributed by atoms with Crippen LogP contribution in [-0.2, 0) is 0 Å². The topological polar surface area (TPSA) is 12.9 Å². The van der Waals surface area contributed by atoms with Crippen molar-refractivity contribution in [3.05, 3.63) is 18.2 Å². The summed E-state index contributed by atoms with van der Waals surface area (Å²) in [5.41, 5.74) is 1.19. The molecule has 0 amide bonds. The Balaban J connectivity index is 2.92. The molecule has 0 unspecified atom stereocenters. The van der Waals surface area contributed by atoms with Crippen molar-refractivity contribution in [2.75, 3.05) is 0 Å². The van der Waals surface area contributed by atoms with Crippen LogP contribution in [0.4, 0.5) is 0 Å². The van der Waals surface area contributed by atoms with E-state index in [2.05, 4.69) is 63.2 Å². The molecule has 1 aromatic heterocycles. The molecule has 2 rings (SSSR count). The predicted octanol–water partition coefficient (Wildman–Crippen LogP) is 2.61. The standard InChI is InChI=1S/C8H4I2NS.Tl/c1-4-11-7-2-5(9)6(10)3-8(7)12-4;/h2H,1H3;. The Morgan fingerprint density at radius 1 is 1.46 bits per heavy atom. The van der Waals surface area contributed by atoms with E-state index in [-0.39, 0.29) is 0 Å². The van der Waals surface area contributed by atoms with Crippen LogP contribution in [0.1, 0.15) is 5.01 Å². The summed E-state index contributed by atoms with van der Waals surface area (Å²) in [6.45, 7) is 2.08. The van der Waals surface area contributed by atoms with Gasteiger partial charge in [-0.2, -0.15) is 0 Å². The summed E-state index contributed by atoms with van der Waals surface area (Å²) in [6.07, 6.45) is 0. The van der Waals surface area contributed by atoms with Crippen LogP contribution in [0.5, 0.6) is 0 Å². The zero-order valence-corrected chi connectivity index (χ0v) is 16.4. The summed E-state index contributed by atoms with van der Waals surface area (Å²) in [6, 6.07) is 2.19. The third-order valence-corrected chi connectivity index (χ3v) is 11.1. The molecule has 5 heteroatoms. The Morgan fingerprint density at radius 3 is 2.85 bits per heavy atom. The second-order valence-electron chi connectivity index (χ2n) is 2.67. The van der Waals surface area contributed by atoms with Crippen LogP contribution in [-0.4, -0.2) is 30.8 Å². The van der Waals surface area contributed by atoms with Gasteiger partial charge < -0.3 is 0 Å². The first kappa shape index (κ1) is 11.0. The van der Waals surface area contributed by atoms with E-state index < -0.39 is 0 Å². The van der Waals surface area contributed by atoms with E-state index in [1.165, 1.54) is 25.5 Å². The number of nitrogens with zero attached hydrogens (tertiary/aromatic N) is 1. The second-order valence-corrected chi connectivity index (χ2v) is 8.36. The number of benzene rings is 1. The first-order chi connectivity index (χ1) is 6.09. The van der Waals surface area contributed by atoms with Gasteiger partial charge in [-0.1, -0.05) is 0 Å². The molecule has 0 N–H and O–H groups in total. The van der Waals surface area contributed by atoms with Crippen LogP contribution in [0.2, 0.25) is 0 Å². The quantitative estimate of drug-likeness (QED) is 0.333. The molecule has 1 nitrogen and oxygen atoms in total. The normalized spacial score (nSPS) is 10.9. The molecule has 2 aromatic rings. The maximum atomic E-state index is 4.51. The van der Waals surface area contributed by atoms with Gasteiger partial charge in [0.05, 0.1) is 0 Å². The first-order valence-electron chi connectivity index (χ1n) is 3.60. The molecular weight excluding hydrogens is 600 g/mol. The van der Waals surface area contributed by atoms with Gasteiger partial charge >= 0.3 is 126 Å². The van der Waals surface area contributed by atoms with E-state index in [0.717, 1.165) is 25.8 Å². The van der Waals surface area contributed by atoms with Gasteiger partial charge in [0.1, 0.15) is 0 Å². The number of halogens is 2. The minimum atomic E-state index is 0.897. The fourth-order valence-electron chi connectivity index (χ4n) is 1.15. The van der Waals surface area contributed by atoms with Gasteiger partial charge in [-0.3, -0.25) is 0 Å². The number of fused-ring (bicyclic) bond motifs is 1. The number of hydrogen-bond acceptors (Lipinski definition) is 2. The zero-order chi connectivity index (χ0) is 9.59. The average Bonchev–Trinajstić information content (AvgIpc) is 2.42. The van der Waals surface area contributed by atoms with E-state index in [4.69, 9.17) is 0 Å². The van der Waals surface area contributed by atoms with Crippen LogP contribution in [0, 0.1) is 14.1 Å². The predicted molar refractivity (Wildman–Crippen MR) is 75.2 cm³/mol. The molecule has 1 heterocycles. The van der Waals surface area contributed by atoms with Crippen molar-refractivity contribution < 1.29 is 0 Å². The molecule has 64 valence electrons. The SMILES string of the molecule is Cc1nc2cc(I)c(I)[c]([Tl])c2s1. The summed E-state index contributed by atoms with van der Waals surface area (Å²) >= 11 is 7.55. The van der Waals surface area contributed by atoms with Crippen LogP contribution in [0.15, 0.2) is 6.07 Å². The third-order valence-electron chi connectivity index (χ3n) is 1.71. The molecule has 0 aliphatic carbocycles. The molecule has 13 heavy (non-hydrogen) atoms. The summed E-state index contributed by atoms with van der Waals surface area (Å²) in [5, 5.41) is 1.18. The molecule has 0 atom stereocenters. The summed E-state index contributed by atoms with van der Waals surface area (Å²) in [4.78, 5) is 4.51. The van der Waals surface area contributed by atoms with Crippen molar-refractivity contribution in [1.82, 2.24) is 4.98 Å². The molecule has 0 saturated heterocycles. The van der Waals surface area contributed by atoms with Crippen molar-refractivity contribution in [2.24, 2.45) is 0 Å². The number of aromatic nitrogens is 1. The van der Waals surface area contributed by atoms with Crippen molar-refractivity contribution in [3.8, 4) is 0 Å². The number of rotatable bonds is 0. The van der Waals surface area contributed by atoms with E-state index in [1.807, 2.05) is 11.3 Å². The van der Waals surface area contributed by atoms with Crippen LogP contribution >= 0.6 is 56.5 Å². The Labute approximate surface area is 124 Å². The van der Waals surface area contributed by atoms with E-state index in [9.17, 15) is 0 Å². The van der Waals surface area contributed by atoms with Gasteiger partial charge in [-0.05, 0) is 0 Å².